The first-order chi connectivity index (χ1) is 9.88. The highest BCUT2D eigenvalue weighted by molar-refractivity contribution is 5.31. The number of rotatable bonds is 4. The van der Waals surface area contributed by atoms with Crippen LogP contribution < -0.4 is 5.32 Å². The molecule has 2 heterocycles. The quantitative estimate of drug-likeness (QED) is 0.926. The number of aromatic nitrogens is 2. The summed E-state index contributed by atoms with van der Waals surface area (Å²) >= 11 is 0. The number of nitrogens with zero attached hydrogens (tertiary/aromatic N) is 2. The molecule has 0 radical (unpaired) electrons. The van der Waals surface area contributed by atoms with E-state index >= 15 is 0 Å². The Bertz CT molecular complexity index is 559. The molecule has 1 N–H and O–H groups in total. The molecule has 1 aliphatic rings. The molecule has 2 unspecified atom stereocenters. The third kappa shape index (κ3) is 2.71. The molecule has 0 spiro atoms. The van der Waals surface area contributed by atoms with Gasteiger partial charge in [-0.1, -0.05) is 24.3 Å². The topological polar surface area (TPSA) is 47.0 Å². The second-order valence-corrected chi connectivity index (χ2v) is 5.06. The summed E-state index contributed by atoms with van der Waals surface area (Å²) < 4.78 is 5.98. The lowest BCUT2D eigenvalue weighted by atomic mass is 9.92. The molecule has 0 amide bonds. The Balaban J connectivity index is 1.81. The SMILES string of the molecule is CNC(CC1OCCc2ccccc21)c1ccnnc1. The molecular formula is C16H19N3O. The van der Waals surface area contributed by atoms with Gasteiger partial charge in [-0.3, -0.25) is 0 Å². The summed E-state index contributed by atoms with van der Waals surface area (Å²) in [6.07, 6.45) is 5.60. The van der Waals surface area contributed by atoms with E-state index in [2.05, 4.69) is 39.8 Å². The molecule has 2 atom stereocenters. The van der Waals surface area contributed by atoms with Crippen LogP contribution in [-0.2, 0) is 11.2 Å². The first-order valence-corrected chi connectivity index (χ1v) is 7.01. The Morgan fingerprint density at radius 1 is 1.30 bits per heavy atom. The molecule has 20 heavy (non-hydrogen) atoms. The average molecular weight is 269 g/mol. The first kappa shape index (κ1) is 13.2. The highest BCUT2D eigenvalue weighted by Gasteiger charge is 2.24. The van der Waals surface area contributed by atoms with Crippen LogP contribution in [0, 0.1) is 0 Å². The fourth-order valence-electron chi connectivity index (χ4n) is 2.81. The highest BCUT2D eigenvalue weighted by Crippen LogP contribution is 2.33. The van der Waals surface area contributed by atoms with Gasteiger partial charge >= 0.3 is 0 Å². The second kappa shape index (κ2) is 6.11. The summed E-state index contributed by atoms with van der Waals surface area (Å²) in [4.78, 5) is 0. The molecule has 0 fully saturated rings. The minimum Gasteiger partial charge on any atom is -0.373 e. The predicted octanol–water partition coefficient (Wildman–Crippen LogP) is 2.44. The lowest BCUT2D eigenvalue weighted by Crippen LogP contribution is -2.24. The Hall–Kier alpha value is -1.78. The largest absolute Gasteiger partial charge is 0.373 e. The molecule has 4 heteroatoms. The molecule has 4 nitrogen and oxygen atoms in total. The van der Waals surface area contributed by atoms with Gasteiger partial charge in [-0.2, -0.15) is 10.2 Å². The van der Waals surface area contributed by atoms with Crippen molar-refractivity contribution in [1.29, 1.82) is 0 Å². The van der Waals surface area contributed by atoms with Gasteiger partial charge in [0.05, 0.1) is 18.9 Å². The molecule has 1 aliphatic heterocycles. The predicted molar refractivity (Wildman–Crippen MR) is 77.3 cm³/mol. The number of hydrogen-bond donors (Lipinski definition) is 1. The van der Waals surface area contributed by atoms with Crippen LogP contribution in [0.1, 0.15) is 35.3 Å². The molecule has 0 bridgehead atoms. The van der Waals surface area contributed by atoms with Crippen LogP contribution in [0.5, 0.6) is 0 Å². The molecule has 3 rings (SSSR count). The van der Waals surface area contributed by atoms with Gasteiger partial charge in [0.1, 0.15) is 0 Å². The molecule has 1 aromatic carbocycles. The smallest absolute Gasteiger partial charge is 0.0845 e. The van der Waals surface area contributed by atoms with Gasteiger partial charge in [-0.15, -0.1) is 0 Å². The number of nitrogens with one attached hydrogen (secondary N) is 1. The Kier molecular flexibility index (Phi) is 4.04. The zero-order chi connectivity index (χ0) is 13.8. The normalized spacial score (nSPS) is 19.4. The lowest BCUT2D eigenvalue weighted by molar-refractivity contribution is 0.0298. The maximum absolute atomic E-state index is 5.98. The zero-order valence-electron chi connectivity index (χ0n) is 11.6. The average Bonchev–Trinajstić information content (AvgIpc) is 2.53. The van der Waals surface area contributed by atoms with E-state index in [1.807, 2.05) is 19.3 Å². The van der Waals surface area contributed by atoms with Crippen molar-refractivity contribution in [3.63, 3.8) is 0 Å². The van der Waals surface area contributed by atoms with E-state index in [-0.39, 0.29) is 12.1 Å². The Labute approximate surface area is 119 Å². The fraction of sp³-hybridized carbons (Fsp3) is 0.375. The molecule has 2 aromatic rings. The van der Waals surface area contributed by atoms with Crippen LogP contribution in [0.25, 0.3) is 0 Å². The van der Waals surface area contributed by atoms with E-state index in [0.29, 0.717) is 0 Å². The highest BCUT2D eigenvalue weighted by atomic mass is 16.5. The Morgan fingerprint density at radius 2 is 2.20 bits per heavy atom. The van der Waals surface area contributed by atoms with Gasteiger partial charge in [0, 0.05) is 12.2 Å². The molecule has 104 valence electrons. The van der Waals surface area contributed by atoms with E-state index in [1.165, 1.54) is 11.1 Å². The van der Waals surface area contributed by atoms with Crippen molar-refractivity contribution in [2.75, 3.05) is 13.7 Å². The van der Waals surface area contributed by atoms with Crippen molar-refractivity contribution in [2.45, 2.75) is 25.0 Å². The van der Waals surface area contributed by atoms with E-state index < -0.39 is 0 Å². The van der Waals surface area contributed by atoms with Gasteiger partial charge in [0.15, 0.2) is 0 Å². The number of benzene rings is 1. The maximum atomic E-state index is 5.98. The summed E-state index contributed by atoms with van der Waals surface area (Å²) in [5.74, 6) is 0. The monoisotopic (exact) mass is 269 g/mol. The van der Waals surface area contributed by atoms with E-state index in [0.717, 1.165) is 25.0 Å². The van der Waals surface area contributed by atoms with Gasteiger partial charge in [-0.05, 0) is 42.6 Å². The minimum atomic E-state index is 0.144. The summed E-state index contributed by atoms with van der Waals surface area (Å²) in [6, 6.07) is 10.8. The molecular weight excluding hydrogens is 250 g/mol. The maximum Gasteiger partial charge on any atom is 0.0845 e. The van der Waals surface area contributed by atoms with Crippen LogP contribution in [0.15, 0.2) is 42.7 Å². The Morgan fingerprint density at radius 3 is 3.00 bits per heavy atom. The van der Waals surface area contributed by atoms with Crippen molar-refractivity contribution in [1.82, 2.24) is 15.5 Å². The third-order valence-electron chi connectivity index (χ3n) is 3.90. The zero-order valence-corrected chi connectivity index (χ0v) is 11.6. The van der Waals surface area contributed by atoms with Crippen LogP contribution >= 0.6 is 0 Å². The number of fused-ring (bicyclic) bond motifs is 1. The van der Waals surface area contributed by atoms with Crippen LogP contribution in [-0.4, -0.2) is 23.9 Å². The van der Waals surface area contributed by atoms with Gasteiger partial charge in [0.2, 0.25) is 0 Å². The van der Waals surface area contributed by atoms with Crippen LogP contribution in [0.4, 0.5) is 0 Å². The summed E-state index contributed by atoms with van der Waals surface area (Å²) in [5, 5.41) is 11.1. The molecule has 0 saturated carbocycles. The van der Waals surface area contributed by atoms with Gasteiger partial charge in [0.25, 0.3) is 0 Å². The minimum absolute atomic E-state index is 0.144. The standard InChI is InChI=1S/C16H19N3O/c1-17-15(13-6-8-18-19-11-13)10-16-14-5-3-2-4-12(14)7-9-20-16/h2-6,8,11,15-17H,7,9-10H2,1H3. The van der Waals surface area contributed by atoms with E-state index in [1.54, 1.807) is 6.20 Å². The number of ether oxygens (including phenoxy) is 1. The fourth-order valence-corrected chi connectivity index (χ4v) is 2.81. The lowest BCUT2D eigenvalue weighted by Gasteiger charge is -2.29. The molecule has 0 saturated heterocycles. The van der Waals surface area contributed by atoms with Gasteiger partial charge < -0.3 is 10.1 Å². The first-order valence-electron chi connectivity index (χ1n) is 7.01. The number of hydrogen-bond acceptors (Lipinski definition) is 4. The molecule has 0 aliphatic carbocycles. The van der Waals surface area contributed by atoms with Gasteiger partial charge in [-0.25, -0.2) is 0 Å². The van der Waals surface area contributed by atoms with E-state index in [9.17, 15) is 0 Å². The third-order valence-corrected chi connectivity index (χ3v) is 3.90. The van der Waals surface area contributed by atoms with Crippen molar-refractivity contribution in [2.24, 2.45) is 0 Å². The van der Waals surface area contributed by atoms with Crippen molar-refractivity contribution in [3.8, 4) is 0 Å². The van der Waals surface area contributed by atoms with Crippen molar-refractivity contribution in [3.05, 3.63) is 59.4 Å². The van der Waals surface area contributed by atoms with Crippen LogP contribution in [0.3, 0.4) is 0 Å². The van der Waals surface area contributed by atoms with Crippen LogP contribution in [0.2, 0.25) is 0 Å². The van der Waals surface area contributed by atoms with E-state index in [4.69, 9.17) is 4.74 Å². The summed E-state index contributed by atoms with van der Waals surface area (Å²) in [7, 11) is 1.97. The summed E-state index contributed by atoms with van der Waals surface area (Å²) in [6.45, 7) is 0.798. The summed E-state index contributed by atoms with van der Waals surface area (Å²) in [5.41, 5.74) is 3.88. The van der Waals surface area contributed by atoms with Crippen molar-refractivity contribution < 1.29 is 4.74 Å². The second-order valence-electron chi connectivity index (χ2n) is 5.06. The van der Waals surface area contributed by atoms with Crippen molar-refractivity contribution >= 4 is 0 Å². The molecule has 1 aromatic heterocycles.